The van der Waals surface area contributed by atoms with Gasteiger partial charge < -0.3 is 18.7 Å². The Balaban J connectivity index is 2.02. The van der Waals surface area contributed by atoms with Crippen LogP contribution in [0.25, 0.3) is 22.6 Å². The fraction of sp³-hybridized carbons (Fsp3) is 0.167. The molecule has 0 aliphatic carbocycles. The molecule has 0 aliphatic rings. The van der Waals surface area contributed by atoms with Crippen molar-refractivity contribution in [2.45, 2.75) is 0 Å². The summed E-state index contributed by atoms with van der Waals surface area (Å²) in [6, 6.07) is 11.4. The fourth-order valence-corrected chi connectivity index (χ4v) is 2.39. The first-order valence-electron chi connectivity index (χ1n) is 7.19. The molecule has 1 heterocycles. The summed E-state index contributed by atoms with van der Waals surface area (Å²) in [6.07, 6.45) is 0. The normalized spacial score (nSPS) is 10.5. The Bertz CT molecular complexity index is 817. The molecule has 0 saturated carbocycles. The van der Waals surface area contributed by atoms with E-state index in [0.29, 0.717) is 28.7 Å². The van der Waals surface area contributed by atoms with Gasteiger partial charge in [-0.3, -0.25) is 0 Å². The lowest BCUT2D eigenvalue weighted by Crippen LogP contribution is -1.95. The van der Waals surface area contributed by atoms with Gasteiger partial charge in [0, 0.05) is 17.2 Å². The largest absolute Gasteiger partial charge is 0.493 e. The van der Waals surface area contributed by atoms with Crippen LogP contribution in [0.5, 0.6) is 17.2 Å². The molecule has 124 valence electrons. The van der Waals surface area contributed by atoms with Gasteiger partial charge in [0.05, 0.1) is 21.3 Å². The second-order valence-electron chi connectivity index (χ2n) is 5.00. The molecule has 0 N–H and O–H groups in total. The van der Waals surface area contributed by atoms with Gasteiger partial charge in [-0.2, -0.15) is 0 Å². The van der Waals surface area contributed by atoms with E-state index in [2.05, 4.69) is 5.16 Å². The quantitative estimate of drug-likeness (QED) is 0.703. The second kappa shape index (κ2) is 6.62. The third-order valence-electron chi connectivity index (χ3n) is 3.60. The Morgan fingerprint density at radius 3 is 2.00 bits per heavy atom. The van der Waals surface area contributed by atoms with Crippen LogP contribution >= 0.6 is 0 Å². The van der Waals surface area contributed by atoms with E-state index in [1.807, 2.05) is 0 Å². The maximum absolute atomic E-state index is 13.0. The Labute approximate surface area is 138 Å². The van der Waals surface area contributed by atoms with Gasteiger partial charge in [0.25, 0.3) is 0 Å². The molecule has 0 atom stereocenters. The summed E-state index contributed by atoms with van der Waals surface area (Å²) in [5, 5.41) is 4.04. The highest BCUT2D eigenvalue weighted by atomic mass is 19.1. The second-order valence-corrected chi connectivity index (χ2v) is 5.00. The Kier molecular flexibility index (Phi) is 4.37. The van der Waals surface area contributed by atoms with Gasteiger partial charge in [-0.05, 0) is 36.4 Å². The van der Waals surface area contributed by atoms with Crippen molar-refractivity contribution in [2.75, 3.05) is 21.3 Å². The average Bonchev–Trinajstić information content (AvgIpc) is 3.11. The molecular formula is C18H16FNO4. The molecule has 6 heteroatoms. The van der Waals surface area contributed by atoms with Crippen molar-refractivity contribution in [1.82, 2.24) is 5.16 Å². The summed E-state index contributed by atoms with van der Waals surface area (Å²) >= 11 is 0. The minimum absolute atomic E-state index is 0.299. The number of hydrogen-bond acceptors (Lipinski definition) is 5. The number of rotatable bonds is 5. The van der Waals surface area contributed by atoms with Crippen LogP contribution in [0.1, 0.15) is 0 Å². The van der Waals surface area contributed by atoms with E-state index in [-0.39, 0.29) is 5.82 Å². The molecule has 1 aromatic heterocycles. The van der Waals surface area contributed by atoms with Gasteiger partial charge in [-0.25, -0.2) is 4.39 Å². The van der Waals surface area contributed by atoms with Crippen molar-refractivity contribution in [3.63, 3.8) is 0 Å². The van der Waals surface area contributed by atoms with Crippen molar-refractivity contribution in [2.24, 2.45) is 0 Å². The predicted octanol–water partition coefficient (Wildman–Crippen LogP) is 4.17. The molecule has 3 rings (SSSR count). The van der Waals surface area contributed by atoms with Gasteiger partial charge in [-0.1, -0.05) is 5.16 Å². The first kappa shape index (κ1) is 15.9. The summed E-state index contributed by atoms with van der Waals surface area (Å²) in [4.78, 5) is 0. The minimum atomic E-state index is -0.299. The number of benzene rings is 2. The van der Waals surface area contributed by atoms with Gasteiger partial charge in [0.1, 0.15) is 11.5 Å². The Hall–Kier alpha value is -3.02. The van der Waals surface area contributed by atoms with E-state index in [9.17, 15) is 4.39 Å². The van der Waals surface area contributed by atoms with E-state index < -0.39 is 0 Å². The number of ether oxygens (including phenoxy) is 3. The summed E-state index contributed by atoms with van der Waals surface area (Å²) in [5.41, 5.74) is 2.10. The first-order valence-corrected chi connectivity index (χ1v) is 7.19. The molecule has 0 saturated heterocycles. The molecule has 0 spiro atoms. The summed E-state index contributed by atoms with van der Waals surface area (Å²) in [7, 11) is 4.64. The van der Waals surface area contributed by atoms with Crippen LogP contribution in [0, 0.1) is 5.82 Å². The molecular weight excluding hydrogens is 313 g/mol. The third-order valence-corrected chi connectivity index (χ3v) is 3.60. The lowest BCUT2D eigenvalue weighted by molar-refractivity contribution is 0.324. The van der Waals surface area contributed by atoms with Gasteiger partial charge in [-0.15, -0.1) is 0 Å². The van der Waals surface area contributed by atoms with E-state index >= 15 is 0 Å². The zero-order valence-corrected chi connectivity index (χ0v) is 13.5. The van der Waals surface area contributed by atoms with Crippen LogP contribution < -0.4 is 14.2 Å². The fourth-order valence-electron chi connectivity index (χ4n) is 2.39. The average molecular weight is 329 g/mol. The van der Waals surface area contributed by atoms with E-state index in [1.165, 1.54) is 12.1 Å². The monoisotopic (exact) mass is 329 g/mol. The van der Waals surface area contributed by atoms with Crippen LogP contribution in [0.3, 0.4) is 0 Å². The molecule has 3 aromatic rings. The Morgan fingerprint density at radius 2 is 1.46 bits per heavy atom. The number of hydrogen-bond donors (Lipinski definition) is 0. The predicted molar refractivity (Wildman–Crippen MR) is 87.0 cm³/mol. The number of aromatic nitrogens is 1. The van der Waals surface area contributed by atoms with Crippen molar-refractivity contribution >= 4 is 0 Å². The molecule has 0 radical (unpaired) electrons. The Morgan fingerprint density at radius 1 is 0.833 bits per heavy atom. The van der Waals surface area contributed by atoms with Gasteiger partial charge in [0.2, 0.25) is 5.75 Å². The molecule has 0 fully saturated rings. The summed E-state index contributed by atoms with van der Waals surface area (Å²) in [6.45, 7) is 0. The lowest BCUT2D eigenvalue weighted by atomic mass is 10.1. The molecule has 0 bridgehead atoms. The van der Waals surface area contributed by atoms with Crippen molar-refractivity contribution < 1.29 is 23.1 Å². The van der Waals surface area contributed by atoms with Crippen LogP contribution in [0.4, 0.5) is 4.39 Å². The van der Waals surface area contributed by atoms with Crippen molar-refractivity contribution in [3.05, 3.63) is 48.3 Å². The zero-order chi connectivity index (χ0) is 17.1. The van der Waals surface area contributed by atoms with Gasteiger partial charge >= 0.3 is 0 Å². The molecule has 0 aliphatic heterocycles. The minimum Gasteiger partial charge on any atom is -0.493 e. The molecule has 2 aromatic carbocycles. The summed E-state index contributed by atoms with van der Waals surface area (Å²) < 4.78 is 34.4. The van der Waals surface area contributed by atoms with Gasteiger partial charge in [0.15, 0.2) is 17.3 Å². The van der Waals surface area contributed by atoms with E-state index in [4.69, 9.17) is 18.7 Å². The SMILES string of the molecule is COc1cc(-c2cc(-c3ccc(F)cc3)no2)cc(OC)c1OC. The topological polar surface area (TPSA) is 53.7 Å². The lowest BCUT2D eigenvalue weighted by Gasteiger charge is -2.12. The van der Waals surface area contributed by atoms with Crippen LogP contribution in [0.2, 0.25) is 0 Å². The molecule has 24 heavy (non-hydrogen) atoms. The highest BCUT2D eigenvalue weighted by molar-refractivity contribution is 5.71. The van der Waals surface area contributed by atoms with Crippen molar-refractivity contribution in [1.29, 1.82) is 0 Å². The first-order chi connectivity index (χ1) is 11.7. The highest BCUT2D eigenvalue weighted by Gasteiger charge is 2.17. The maximum Gasteiger partial charge on any atom is 0.203 e. The third kappa shape index (κ3) is 2.90. The zero-order valence-electron chi connectivity index (χ0n) is 13.5. The number of nitrogens with zero attached hydrogens (tertiary/aromatic N) is 1. The summed E-state index contributed by atoms with van der Waals surface area (Å²) in [5.74, 6) is 1.78. The maximum atomic E-state index is 13.0. The number of methoxy groups -OCH3 is 3. The van der Waals surface area contributed by atoms with E-state index in [0.717, 1.165) is 11.1 Å². The van der Waals surface area contributed by atoms with Crippen LogP contribution in [-0.4, -0.2) is 26.5 Å². The standard InChI is InChI=1S/C18H16FNO4/c1-21-16-8-12(9-17(22-2)18(16)23-3)15-10-14(20-24-15)11-4-6-13(19)7-5-11/h4-10H,1-3H3. The van der Waals surface area contributed by atoms with Crippen LogP contribution in [-0.2, 0) is 0 Å². The number of halogens is 1. The highest BCUT2D eigenvalue weighted by Crippen LogP contribution is 2.41. The van der Waals surface area contributed by atoms with E-state index in [1.54, 1.807) is 51.7 Å². The molecule has 0 amide bonds. The molecule has 0 unspecified atom stereocenters. The molecule has 5 nitrogen and oxygen atoms in total. The van der Waals surface area contributed by atoms with Crippen molar-refractivity contribution in [3.8, 4) is 39.8 Å². The smallest absolute Gasteiger partial charge is 0.203 e. The van der Waals surface area contributed by atoms with Crippen LogP contribution in [0.15, 0.2) is 47.0 Å².